The molecule has 1 saturated carbocycles. The maximum Gasteiger partial charge on any atom is 0.326 e. The van der Waals surface area contributed by atoms with Crippen molar-refractivity contribution in [3.05, 3.63) is 28.8 Å². The summed E-state index contributed by atoms with van der Waals surface area (Å²) < 4.78 is 5.05. The van der Waals surface area contributed by atoms with E-state index in [9.17, 15) is 19.2 Å². The number of amides is 4. The molecule has 8 heteroatoms. The summed E-state index contributed by atoms with van der Waals surface area (Å²) in [6.07, 6.45) is 2.04. The van der Waals surface area contributed by atoms with Gasteiger partial charge in [-0.1, -0.05) is 38.5 Å². The van der Waals surface area contributed by atoms with Crippen molar-refractivity contribution in [2.75, 3.05) is 18.5 Å². The Hall–Kier alpha value is -2.90. The molecular weight excluding hydrogens is 410 g/mol. The Kier molecular flexibility index (Phi) is 6.36. The Morgan fingerprint density at radius 2 is 1.78 bits per heavy atom. The SMILES string of the molecule is Cc1cc(C)c(NC(=O)COC(=O)CN2C(=O)N[C@]3(C[C@@H](C)CC(C)(C)C3)C2=O)c(C)c1. The maximum atomic E-state index is 13.1. The normalized spacial score (nSPS) is 24.4. The summed E-state index contributed by atoms with van der Waals surface area (Å²) in [5.74, 6) is -1.41. The molecule has 0 bridgehead atoms. The highest BCUT2D eigenvalue weighted by molar-refractivity contribution is 6.09. The number of anilines is 1. The third-order valence-electron chi connectivity index (χ3n) is 6.22. The fraction of sp³-hybridized carbons (Fsp3) is 0.583. The summed E-state index contributed by atoms with van der Waals surface area (Å²) in [5.41, 5.74) is 2.53. The van der Waals surface area contributed by atoms with Gasteiger partial charge < -0.3 is 15.4 Å². The summed E-state index contributed by atoms with van der Waals surface area (Å²) in [6.45, 7) is 11.0. The molecule has 4 amide bonds. The van der Waals surface area contributed by atoms with E-state index in [1.807, 2.05) is 32.9 Å². The summed E-state index contributed by atoms with van der Waals surface area (Å²) in [7, 11) is 0. The number of carbonyl (C=O) groups is 4. The zero-order valence-electron chi connectivity index (χ0n) is 19.8. The lowest BCUT2D eigenvalue weighted by molar-refractivity contribution is -0.150. The van der Waals surface area contributed by atoms with Crippen molar-refractivity contribution in [1.82, 2.24) is 10.2 Å². The van der Waals surface area contributed by atoms with Gasteiger partial charge in [-0.25, -0.2) is 4.79 Å². The first kappa shape index (κ1) is 23.8. The summed E-state index contributed by atoms with van der Waals surface area (Å²) in [5, 5.41) is 5.58. The standard InChI is InChI=1S/C24H33N3O5/c1-14-7-16(3)20(17(4)8-14)25-18(28)12-32-19(29)11-27-21(30)24(26-22(27)31)10-15(2)9-23(5,6)13-24/h7-8,15H,9-13H2,1-6H3,(H,25,28)(H,26,31)/t15-,24-/m0/s1. The molecule has 32 heavy (non-hydrogen) atoms. The minimum Gasteiger partial charge on any atom is -0.454 e. The lowest BCUT2D eigenvalue weighted by Gasteiger charge is -2.43. The zero-order chi connectivity index (χ0) is 23.8. The highest BCUT2D eigenvalue weighted by Crippen LogP contribution is 2.46. The van der Waals surface area contributed by atoms with Gasteiger partial charge in [-0.05, 0) is 62.5 Å². The van der Waals surface area contributed by atoms with Crippen molar-refractivity contribution in [1.29, 1.82) is 0 Å². The molecule has 1 spiro atoms. The lowest BCUT2D eigenvalue weighted by atomic mass is 9.64. The van der Waals surface area contributed by atoms with Gasteiger partial charge in [0.05, 0.1) is 0 Å². The molecule has 1 aliphatic heterocycles. The minimum absolute atomic E-state index is 0.0958. The first-order valence-corrected chi connectivity index (χ1v) is 11.0. The Balaban J connectivity index is 1.58. The number of esters is 1. The molecular formula is C24H33N3O5. The molecule has 1 aliphatic carbocycles. The van der Waals surface area contributed by atoms with E-state index in [-0.39, 0.29) is 11.3 Å². The summed E-state index contributed by atoms with van der Waals surface area (Å²) in [4.78, 5) is 51.1. The second-order valence-corrected chi connectivity index (χ2v) is 10.2. The second kappa shape index (κ2) is 8.56. The van der Waals surface area contributed by atoms with Crippen molar-refractivity contribution in [2.45, 2.75) is 66.3 Å². The van der Waals surface area contributed by atoms with Crippen molar-refractivity contribution in [2.24, 2.45) is 11.3 Å². The van der Waals surface area contributed by atoms with Crippen LogP contribution in [0.1, 0.15) is 56.7 Å². The molecule has 174 valence electrons. The average Bonchev–Trinajstić information content (AvgIpc) is 2.84. The highest BCUT2D eigenvalue weighted by Gasteiger charge is 2.56. The Labute approximate surface area is 189 Å². The molecule has 0 radical (unpaired) electrons. The Morgan fingerprint density at radius 3 is 2.38 bits per heavy atom. The quantitative estimate of drug-likeness (QED) is 0.537. The molecule has 0 aromatic heterocycles. The number of urea groups is 1. The molecule has 0 unspecified atom stereocenters. The van der Waals surface area contributed by atoms with Gasteiger partial charge in [0.1, 0.15) is 12.1 Å². The lowest BCUT2D eigenvalue weighted by Crippen LogP contribution is -2.54. The van der Waals surface area contributed by atoms with Crippen LogP contribution in [-0.2, 0) is 19.1 Å². The van der Waals surface area contributed by atoms with Crippen LogP contribution in [0, 0.1) is 32.1 Å². The van der Waals surface area contributed by atoms with E-state index < -0.39 is 42.5 Å². The number of carbonyl (C=O) groups excluding carboxylic acids is 4. The van der Waals surface area contributed by atoms with E-state index in [1.54, 1.807) is 0 Å². The second-order valence-electron chi connectivity index (χ2n) is 10.2. The van der Waals surface area contributed by atoms with Crippen LogP contribution >= 0.6 is 0 Å². The maximum absolute atomic E-state index is 13.1. The fourth-order valence-corrected chi connectivity index (χ4v) is 5.52. The molecule has 2 aliphatic rings. The van der Waals surface area contributed by atoms with E-state index in [4.69, 9.17) is 4.74 Å². The van der Waals surface area contributed by atoms with Crippen LogP contribution < -0.4 is 10.6 Å². The summed E-state index contributed by atoms with van der Waals surface area (Å²) in [6, 6.07) is 3.32. The zero-order valence-corrected chi connectivity index (χ0v) is 19.8. The van der Waals surface area contributed by atoms with Crippen LogP contribution in [0.25, 0.3) is 0 Å². The number of benzene rings is 1. The molecule has 1 aromatic carbocycles. The van der Waals surface area contributed by atoms with Gasteiger partial charge in [-0.15, -0.1) is 0 Å². The number of hydrogen-bond acceptors (Lipinski definition) is 5. The first-order chi connectivity index (χ1) is 14.8. The molecule has 1 heterocycles. The number of nitrogens with zero attached hydrogens (tertiary/aromatic N) is 1. The number of aryl methyl sites for hydroxylation is 3. The van der Waals surface area contributed by atoms with E-state index in [1.165, 1.54) is 0 Å². The van der Waals surface area contributed by atoms with Crippen LogP contribution in [0.2, 0.25) is 0 Å². The molecule has 1 saturated heterocycles. The van der Waals surface area contributed by atoms with Crippen molar-refractivity contribution in [3.63, 3.8) is 0 Å². The van der Waals surface area contributed by atoms with Gasteiger partial charge in [0, 0.05) is 5.69 Å². The van der Waals surface area contributed by atoms with Gasteiger partial charge >= 0.3 is 12.0 Å². The van der Waals surface area contributed by atoms with Gasteiger partial charge in [-0.3, -0.25) is 19.3 Å². The van der Waals surface area contributed by atoms with Gasteiger partial charge in [-0.2, -0.15) is 0 Å². The van der Waals surface area contributed by atoms with Gasteiger partial charge in [0.2, 0.25) is 0 Å². The van der Waals surface area contributed by atoms with Crippen molar-refractivity contribution in [3.8, 4) is 0 Å². The number of hydrogen-bond donors (Lipinski definition) is 2. The third kappa shape index (κ3) is 4.95. The molecule has 8 nitrogen and oxygen atoms in total. The van der Waals surface area contributed by atoms with Gasteiger partial charge in [0.15, 0.2) is 6.61 Å². The fourth-order valence-electron chi connectivity index (χ4n) is 5.52. The van der Waals surface area contributed by atoms with E-state index >= 15 is 0 Å². The highest BCUT2D eigenvalue weighted by atomic mass is 16.5. The monoisotopic (exact) mass is 443 g/mol. The topological polar surface area (TPSA) is 105 Å². The molecule has 2 fully saturated rings. The molecule has 2 atom stereocenters. The first-order valence-electron chi connectivity index (χ1n) is 11.0. The number of ether oxygens (including phenoxy) is 1. The van der Waals surface area contributed by atoms with Crippen LogP contribution in [0.3, 0.4) is 0 Å². The largest absolute Gasteiger partial charge is 0.454 e. The average molecular weight is 444 g/mol. The number of rotatable bonds is 5. The number of imide groups is 1. The van der Waals surface area contributed by atoms with Crippen LogP contribution in [-0.4, -0.2) is 47.4 Å². The summed E-state index contributed by atoms with van der Waals surface area (Å²) >= 11 is 0. The molecule has 3 rings (SSSR count). The van der Waals surface area contributed by atoms with Crippen molar-refractivity contribution < 1.29 is 23.9 Å². The van der Waals surface area contributed by atoms with Gasteiger partial charge in [0.25, 0.3) is 11.8 Å². The molecule has 1 aromatic rings. The predicted molar refractivity (Wildman–Crippen MR) is 120 cm³/mol. The van der Waals surface area contributed by atoms with Crippen LogP contribution in [0.15, 0.2) is 12.1 Å². The Bertz CT molecular complexity index is 947. The predicted octanol–water partition coefficient (Wildman–Crippen LogP) is 3.23. The van der Waals surface area contributed by atoms with E-state index in [0.29, 0.717) is 18.5 Å². The number of nitrogens with one attached hydrogen (secondary N) is 2. The Morgan fingerprint density at radius 1 is 1.16 bits per heavy atom. The molecule has 2 N–H and O–H groups in total. The smallest absolute Gasteiger partial charge is 0.326 e. The minimum atomic E-state index is -0.976. The van der Waals surface area contributed by atoms with E-state index in [2.05, 4.69) is 31.4 Å². The van der Waals surface area contributed by atoms with Crippen LogP contribution in [0.5, 0.6) is 0 Å². The third-order valence-corrected chi connectivity index (χ3v) is 6.22. The van der Waals surface area contributed by atoms with E-state index in [0.717, 1.165) is 28.0 Å². The van der Waals surface area contributed by atoms with Crippen LogP contribution in [0.4, 0.5) is 10.5 Å². The van der Waals surface area contributed by atoms with Crippen molar-refractivity contribution >= 4 is 29.5 Å².